The predicted molar refractivity (Wildman–Crippen MR) is 86.3 cm³/mol. The number of nitrogens with zero attached hydrogens (tertiary/aromatic N) is 1. The maximum absolute atomic E-state index is 6.09. The first kappa shape index (κ1) is 15.1. The molecule has 0 radical (unpaired) electrons. The van der Waals surface area contributed by atoms with Gasteiger partial charge in [-0.2, -0.15) is 0 Å². The van der Waals surface area contributed by atoms with Crippen LogP contribution in [0.25, 0.3) is 0 Å². The molecule has 1 aliphatic heterocycles. The molecule has 1 fully saturated rings. The summed E-state index contributed by atoms with van der Waals surface area (Å²) < 4.78 is 7.26. The van der Waals surface area contributed by atoms with E-state index >= 15 is 0 Å². The molecule has 0 atom stereocenters. The van der Waals surface area contributed by atoms with Crippen LogP contribution in [-0.2, 0) is 4.65 Å². The first-order chi connectivity index (χ1) is 9.31. The van der Waals surface area contributed by atoms with Gasteiger partial charge in [0.25, 0.3) is 0 Å². The molecular formula is C15H23BBrNO. The molecule has 0 spiro atoms. The van der Waals surface area contributed by atoms with Crippen LogP contribution in [0, 0.1) is 0 Å². The van der Waals surface area contributed by atoms with Crippen LogP contribution < -0.4 is 5.46 Å². The third-order valence-electron chi connectivity index (χ3n) is 3.75. The SMILES string of the molecule is CCCCN1CCCB(c2ccccc2Br)OCC1. The lowest BCUT2D eigenvalue weighted by Crippen LogP contribution is -2.41. The maximum Gasteiger partial charge on any atom is 0.327 e. The molecule has 1 saturated heterocycles. The van der Waals surface area contributed by atoms with Crippen LogP contribution in [-0.4, -0.2) is 38.1 Å². The first-order valence-electron chi connectivity index (χ1n) is 7.39. The summed E-state index contributed by atoms with van der Waals surface area (Å²) in [6.45, 7) is 6.85. The van der Waals surface area contributed by atoms with Crippen molar-refractivity contribution in [3.8, 4) is 0 Å². The maximum atomic E-state index is 6.09. The minimum absolute atomic E-state index is 0.254. The summed E-state index contributed by atoms with van der Waals surface area (Å²) in [5.41, 5.74) is 1.30. The summed E-state index contributed by atoms with van der Waals surface area (Å²) in [6.07, 6.45) is 4.91. The van der Waals surface area contributed by atoms with E-state index in [0.717, 1.165) is 19.5 Å². The largest absolute Gasteiger partial charge is 0.429 e. The van der Waals surface area contributed by atoms with E-state index in [0.29, 0.717) is 0 Å². The summed E-state index contributed by atoms with van der Waals surface area (Å²) in [5.74, 6) is 0. The van der Waals surface area contributed by atoms with Gasteiger partial charge in [-0.15, -0.1) is 0 Å². The van der Waals surface area contributed by atoms with Crippen LogP contribution in [0.2, 0.25) is 6.32 Å². The molecule has 4 heteroatoms. The Labute approximate surface area is 125 Å². The molecule has 0 aliphatic carbocycles. The van der Waals surface area contributed by atoms with Gasteiger partial charge in [0.2, 0.25) is 0 Å². The molecule has 104 valence electrons. The van der Waals surface area contributed by atoms with E-state index in [1.165, 1.54) is 42.3 Å². The van der Waals surface area contributed by atoms with Crippen LogP contribution in [0.15, 0.2) is 28.7 Å². The Kier molecular flexibility index (Phi) is 6.41. The third-order valence-corrected chi connectivity index (χ3v) is 4.47. The first-order valence-corrected chi connectivity index (χ1v) is 8.19. The zero-order valence-electron chi connectivity index (χ0n) is 11.8. The minimum atomic E-state index is 0.254. The van der Waals surface area contributed by atoms with Crippen molar-refractivity contribution in [3.05, 3.63) is 28.7 Å². The summed E-state index contributed by atoms with van der Waals surface area (Å²) >= 11 is 3.63. The van der Waals surface area contributed by atoms with Gasteiger partial charge in [-0.1, -0.05) is 47.5 Å². The average molecular weight is 324 g/mol. The highest BCUT2D eigenvalue weighted by atomic mass is 79.9. The molecule has 19 heavy (non-hydrogen) atoms. The average Bonchev–Trinajstić information content (AvgIpc) is 2.39. The molecule has 1 aromatic carbocycles. The number of halogens is 1. The second kappa shape index (κ2) is 8.08. The number of benzene rings is 1. The second-order valence-electron chi connectivity index (χ2n) is 5.22. The number of hydrogen-bond donors (Lipinski definition) is 0. The molecule has 0 bridgehead atoms. The third kappa shape index (κ3) is 4.62. The van der Waals surface area contributed by atoms with Crippen LogP contribution in [0.1, 0.15) is 26.2 Å². The van der Waals surface area contributed by atoms with Gasteiger partial charge in [0, 0.05) is 17.6 Å². The minimum Gasteiger partial charge on any atom is -0.429 e. The van der Waals surface area contributed by atoms with Crippen molar-refractivity contribution in [2.45, 2.75) is 32.5 Å². The topological polar surface area (TPSA) is 12.5 Å². The van der Waals surface area contributed by atoms with Crippen molar-refractivity contribution in [1.29, 1.82) is 0 Å². The van der Waals surface area contributed by atoms with Crippen molar-refractivity contribution in [2.24, 2.45) is 0 Å². The molecular weight excluding hydrogens is 301 g/mol. The lowest BCUT2D eigenvalue weighted by atomic mass is 9.57. The Bertz CT molecular complexity index is 378. The van der Waals surface area contributed by atoms with Crippen molar-refractivity contribution in [2.75, 3.05) is 26.2 Å². The van der Waals surface area contributed by atoms with E-state index < -0.39 is 0 Å². The second-order valence-corrected chi connectivity index (χ2v) is 6.07. The number of hydrogen-bond acceptors (Lipinski definition) is 2. The molecule has 0 saturated carbocycles. The van der Waals surface area contributed by atoms with Gasteiger partial charge in [0.05, 0.1) is 0 Å². The highest BCUT2D eigenvalue weighted by Gasteiger charge is 2.23. The van der Waals surface area contributed by atoms with E-state index in [-0.39, 0.29) is 6.92 Å². The summed E-state index contributed by atoms with van der Waals surface area (Å²) in [5, 5.41) is 0. The molecule has 2 rings (SSSR count). The zero-order valence-corrected chi connectivity index (χ0v) is 13.4. The van der Waals surface area contributed by atoms with Crippen molar-refractivity contribution in [3.63, 3.8) is 0 Å². The summed E-state index contributed by atoms with van der Waals surface area (Å²) in [7, 11) is 0. The Balaban J connectivity index is 1.89. The monoisotopic (exact) mass is 323 g/mol. The fourth-order valence-corrected chi connectivity index (χ4v) is 3.15. The summed E-state index contributed by atoms with van der Waals surface area (Å²) in [6, 6.07) is 8.43. The van der Waals surface area contributed by atoms with Crippen molar-refractivity contribution in [1.82, 2.24) is 4.90 Å². The van der Waals surface area contributed by atoms with Gasteiger partial charge in [0.15, 0.2) is 0 Å². The van der Waals surface area contributed by atoms with Gasteiger partial charge < -0.3 is 9.55 Å². The van der Waals surface area contributed by atoms with Crippen molar-refractivity contribution >= 4 is 28.3 Å². The van der Waals surface area contributed by atoms with Gasteiger partial charge in [-0.25, -0.2) is 0 Å². The lowest BCUT2D eigenvalue weighted by Gasteiger charge is -2.27. The van der Waals surface area contributed by atoms with Gasteiger partial charge >= 0.3 is 6.92 Å². The zero-order chi connectivity index (χ0) is 13.5. The molecule has 0 unspecified atom stereocenters. The Morgan fingerprint density at radius 1 is 1.32 bits per heavy atom. The highest BCUT2D eigenvalue weighted by molar-refractivity contribution is 9.10. The normalized spacial score (nSPS) is 18.1. The van der Waals surface area contributed by atoms with E-state index in [2.05, 4.69) is 52.0 Å². The summed E-state index contributed by atoms with van der Waals surface area (Å²) in [4.78, 5) is 2.54. The fourth-order valence-electron chi connectivity index (χ4n) is 2.61. The molecule has 0 N–H and O–H groups in total. The van der Waals surface area contributed by atoms with Crippen LogP contribution >= 0.6 is 15.9 Å². The van der Waals surface area contributed by atoms with Crippen molar-refractivity contribution < 1.29 is 4.65 Å². The molecule has 0 aromatic heterocycles. The van der Waals surface area contributed by atoms with E-state index in [1.807, 2.05) is 0 Å². The van der Waals surface area contributed by atoms with Crippen LogP contribution in [0.3, 0.4) is 0 Å². The van der Waals surface area contributed by atoms with Crippen LogP contribution in [0.5, 0.6) is 0 Å². The highest BCUT2D eigenvalue weighted by Crippen LogP contribution is 2.13. The standard InChI is InChI=1S/C15H23BBrNO/c1-2-3-10-18-11-6-9-16(19-13-12-18)14-7-4-5-8-15(14)17/h4-5,7-8H,2-3,6,9-13H2,1H3. The number of rotatable bonds is 4. The predicted octanol–water partition coefficient (Wildman–Crippen LogP) is 3.17. The van der Waals surface area contributed by atoms with E-state index in [9.17, 15) is 0 Å². The fraction of sp³-hybridized carbons (Fsp3) is 0.600. The molecule has 1 aliphatic rings. The van der Waals surface area contributed by atoms with E-state index in [1.54, 1.807) is 0 Å². The quantitative estimate of drug-likeness (QED) is 0.789. The Morgan fingerprint density at radius 3 is 2.95 bits per heavy atom. The Morgan fingerprint density at radius 2 is 2.16 bits per heavy atom. The van der Waals surface area contributed by atoms with Crippen LogP contribution in [0.4, 0.5) is 0 Å². The van der Waals surface area contributed by atoms with Gasteiger partial charge in [0.1, 0.15) is 0 Å². The lowest BCUT2D eigenvalue weighted by molar-refractivity contribution is 0.196. The molecule has 1 heterocycles. The van der Waals surface area contributed by atoms with Gasteiger partial charge in [-0.05, 0) is 43.8 Å². The van der Waals surface area contributed by atoms with E-state index in [4.69, 9.17) is 4.65 Å². The molecule has 1 aromatic rings. The smallest absolute Gasteiger partial charge is 0.327 e. The number of unbranched alkanes of at least 4 members (excludes halogenated alkanes) is 1. The molecule has 2 nitrogen and oxygen atoms in total. The van der Waals surface area contributed by atoms with Gasteiger partial charge in [-0.3, -0.25) is 0 Å². The Hall–Kier alpha value is -0.315. The molecule has 0 amide bonds.